The molecule has 8 heteroatoms. The molecule has 0 saturated carbocycles. The number of nitrogens with one attached hydrogen (secondary N) is 1. The van der Waals surface area contributed by atoms with E-state index in [1.165, 1.54) is 0 Å². The number of hydrogen-bond donors (Lipinski definition) is 1. The smallest absolute Gasteiger partial charge is 0.271 e. The van der Waals surface area contributed by atoms with Crippen LogP contribution in [0.4, 0.5) is 0 Å². The molecule has 0 atom stereocenters. The van der Waals surface area contributed by atoms with E-state index in [-0.39, 0.29) is 5.91 Å². The first-order valence-electron chi connectivity index (χ1n) is 9.41. The Balaban J connectivity index is 1.58. The van der Waals surface area contributed by atoms with E-state index >= 15 is 0 Å². The molecule has 0 bridgehead atoms. The molecule has 4 heterocycles. The highest BCUT2D eigenvalue weighted by Gasteiger charge is 2.18. The lowest BCUT2D eigenvalue weighted by Crippen LogP contribution is -2.32. The summed E-state index contributed by atoms with van der Waals surface area (Å²) in [5, 5.41) is 12.0. The number of amides is 1. The van der Waals surface area contributed by atoms with Crippen LogP contribution in [0.5, 0.6) is 0 Å². The van der Waals surface area contributed by atoms with Crippen molar-refractivity contribution in [2.75, 3.05) is 19.8 Å². The Morgan fingerprint density at radius 2 is 2.15 bits per heavy atom. The Morgan fingerprint density at radius 1 is 1.33 bits per heavy atom. The predicted octanol–water partition coefficient (Wildman–Crippen LogP) is 2.08. The number of carbonyl (C=O) groups excluding carboxylic acids is 1. The Bertz CT molecular complexity index is 954. The number of nitrogens with zero attached hydrogens (tertiary/aromatic N) is 5. The number of rotatable bonds is 5. The summed E-state index contributed by atoms with van der Waals surface area (Å²) in [6.45, 7) is 7.01. The van der Waals surface area contributed by atoms with Crippen LogP contribution in [0.25, 0.3) is 16.9 Å². The third-order valence-corrected chi connectivity index (χ3v) is 5.03. The van der Waals surface area contributed by atoms with Crippen LogP contribution >= 0.6 is 0 Å². The molecule has 1 aliphatic rings. The number of aromatic nitrogens is 5. The summed E-state index contributed by atoms with van der Waals surface area (Å²) in [6, 6.07) is 3.62. The van der Waals surface area contributed by atoms with E-state index in [9.17, 15) is 4.79 Å². The highest BCUT2D eigenvalue weighted by molar-refractivity contribution is 5.93. The van der Waals surface area contributed by atoms with Crippen LogP contribution < -0.4 is 5.32 Å². The Hall–Kier alpha value is -2.74. The normalized spacial score (nSPS) is 15.3. The molecular weight excluding hydrogens is 344 g/mol. The molecule has 1 N–H and O–H groups in total. The van der Waals surface area contributed by atoms with Crippen molar-refractivity contribution in [2.45, 2.75) is 33.2 Å². The fraction of sp³-hybridized carbons (Fsp3) is 0.474. The molecule has 27 heavy (non-hydrogen) atoms. The molecule has 1 aliphatic heterocycles. The monoisotopic (exact) mass is 368 g/mol. The lowest BCUT2D eigenvalue weighted by molar-refractivity contribution is 0.0642. The molecule has 8 nitrogen and oxygen atoms in total. The number of carbonyl (C=O) groups is 1. The molecule has 1 fully saturated rings. The van der Waals surface area contributed by atoms with Crippen LogP contribution in [0.2, 0.25) is 0 Å². The van der Waals surface area contributed by atoms with Gasteiger partial charge in [-0.25, -0.2) is 9.50 Å². The number of aryl methyl sites for hydroxylation is 2. The van der Waals surface area contributed by atoms with Crippen molar-refractivity contribution in [2.24, 2.45) is 5.92 Å². The highest BCUT2D eigenvalue weighted by atomic mass is 16.5. The van der Waals surface area contributed by atoms with Crippen LogP contribution in [-0.2, 0) is 11.3 Å². The van der Waals surface area contributed by atoms with Gasteiger partial charge in [-0.15, -0.1) is 0 Å². The van der Waals surface area contributed by atoms with E-state index in [4.69, 9.17) is 4.74 Å². The van der Waals surface area contributed by atoms with Gasteiger partial charge in [0.15, 0.2) is 11.3 Å². The largest absolute Gasteiger partial charge is 0.381 e. The molecule has 0 spiro atoms. The standard InChI is InChI=1S/C19H24N6O2/c1-3-24-12-15(13(2)22-24)17-4-7-20-18-10-16(23-25(17)18)19(26)21-11-14-5-8-27-9-6-14/h4,7,10,12,14H,3,5-6,8-9,11H2,1-2H3,(H,21,26). The summed E-state index contributed by atoms with van der Waals surface area (Å²) >= 11 is 0. The SMILES string of the molecule is CCn1cc(-c2ccnc3cc(C(=O)NCC4CCOCC4)nn23)c(C)n1. The zero-order valence-electron chi connectivity index (χ0n) is 15.7. The van der Waals surface area contributed by atoms with Crippen LogP contribution in [0.15, 0.2) is 24.5 Å². The summed E-state index contributed by atoms with van der Waals surface area (Å²) in [4.78, 5) is 16.9. The van der Waals surface area contributed by atoms with Gasteiger partial charge in [0.1, 0.15) is 0 Å². The zero-order valence-corrected chi connectivity index (χ0v) is 15.7. The highest BCUT2D eigenvalue weighted by Crippen LogP contribution is 2.23. The maximum absolute atomic E-state index is 12.6. The molecule has 0 aliphatic carbocycles. The van der Waals surface area contributed by atoms with Crippen molar-refractivity contribution in [3.05, 3.63) is 35.9 Å². The minimum Gasteiger partial charge on any atom is -0.381 e. The molecule has 3 aromatic heterocycles. The Labute approximate surface area is 157 Å². The van der Waals surface area contributed by atoms with E-state index in [0.29, 0.717) is 23.8 Å². The van der Waals surface area contributed by atoms with E-state index < -0.39 is 0 Å². The second-order valence-corrected chi connectivity index (χ2v) is 6.88. The van der Waals surface area contributed by atoms with Crippen molar-refractivity contribution in [3.63, 3.8) is 0 Å². The van der Waals surface area contributed by atoms with E-state index in [1.807, 2.05) is 30.8 Å². The summed E-state index contributed by atoms with van der Waals surface area (Å²) < 4.78 is 8.97. The fourth-order valence-corrected chi connectivity index (χ4v) is 3.42. The summed E-state index contributed by atoms with van der Waals surface area (Å²) in [7, 11) is 0. The molecular formula is C19H24N6O2. The molecule has 1 amide bonds. The maximum Gasteiger partial charge on any atom is 0.271 e. The third-order valence-electron chi connectivity index (χ3n) is 5.03. The van der Waals surface area contributed by atoms with Crippen LogP contribution in [-0.4, -0.2) is 50.0 Å². The first kappa shape index (κ1) is 17.7. The molecule has 1 saturated heterocycles. The second kappa shape index (κ2) is 7.48. The third kappa shape index (κ3) is 3.57. The fourth-order valence-electron chi connectivity index (χ4n) is 3.42. The average molecular weight is 368 g/mol. The van der Waals surface area contributed by atoms with Gasteiger partial charge in [-0.1, -0.05) is 0 Å². The molecule has 3 aromatic rings. The molecule has 0 unspecified atom stereocenters. The lowest BCUT2D eigenvalue weighted by Gasteiger charge is -2.21. The van der Waals surface area contributed by atoms with E-state index in [0.717, 1.165) is 49.6 Å². The van der Waals surface area contributed by atoms with Crippen molar-refractivity contribution < 1.29 is 9.53 Å². The van der Waals surface area contributed by atoms with Gasteiger partial charge in [0.05, 0.1) is 11.4 Å². The maximum atomic E-state index is 12.6. The number of fused-ring (bicyclic) bond motifs is 1. The molecule has 0 aromatic carbocycles. The minimum absolute atomic E-state index is 0.168. The van der Waals surface area contributed by atoms with Crippen molar-refractivity contribution in [1.82, 2.24) is 29.7 Å². The van der Waals surface area contributed by atoms with Gasteiger partial charge >= 0.3 is 0 Å². The Kier molecular flexibility index (Phi) is 4.89. The first-order valence-corrected chi connectivity index (χ1v) is 9.41. The van der Waals surface area contributed by atoms with Gasteiger partial charge < -0.3 is 10.1 Å². The number of ether oxygens (including phenoxy) is 1. The second-order valence-electron chi connectivity index (χ2n) is 6.88. The van der Waals surface area contributed by atoms with Crippen molar-refractivity contribution in [3.8, 4) is 11.3 Å². The summed E-state index contributed by atoms with van der Waals surface area (Å²) in [5.41, 5.74) is 3.81. The zero-order chi connectivity index (χ0) is 18.8. The van der Waals surface area contributed by atoms with E-state index in [1.54, 1.807) is 16.8 Å². The molecule has 0 radical (unpaired) electrons. The average Bonchev–Trinajstić information content (AvgIpc) is 3.30. The van der Waals surface area contributed by atoms with Crippen molar-refractivity contribution in [1.29, 1.82) is 0 Å². The minimum atomic E-state index is -0.168. The summed E-state index contributed by atoms with van der Waals surface area (Å²) in [6.07, 6.45) is 5.70. The molecule has 4 rings (SSSR count). The van der Waals surface area contributed by atoms with Gasteiger partial charge in [-0.05, 0) is 38.7 Å². The lowest BCUT2D eigenvalue weighted by atomic mass is 10.0. The van der Waals surface area contributed by atoms with Crippen LogP contribution in [0.3, 0.4) is 0 Å². The van der Waals surface area contributed by atoms with Gasteiger partial charge in [0.2, 0.25) is 0 Å². The van der Waals surface area contributed by atoms with Gasteiger partial charge in [-0.2, -0.15) is 10.2 Å². The molecule has 142 valence electrons. The topological polar surface area (TPSA) is 86.3 Å². The first-order chi connectivity index (χ1) is 13.2. The van der Waals surface area contributed by atoms with Crippen LogP contribution in [0.1, 0.15) is 35.9 Å². The Morgan fingerprint density at radius 3 is 2.89 bits per heavy atom. The predicted molar refractivity (Wildman–Crippen MR) is 100 cm³/mol. The van der Waals surface area contributed by atoms with Gasteiger partial charge in [-0.3, -0.25) is 9.48 Å². The summed E-state index contributed by atoms with van der Waals surface area (Å²) in [5.74, 6) is 0.301. The van der Waals surface area contributed by atoms with Gasteiger partial charge in [0.25, 0.3) is 5.91 Å². The van der Waals surface area contributed by atoms with Crippen LogP contribution in [0, 0.1) is 12.8 Å². The van der Waals surface area contributed by atoms with Crippen molar-refractivity contribution >= 4 is 11.6 Å². The number of hydrogen-bond acceptors (Lipinski definition) is 5. The quantitative estimate of drug-likeness (QED) is 0.745. The van der Waals surface area contributed by atoms with Gasteiger partial charge in [0, 0.05) is 50.3 Å². The van der Waals surface area contributed by atoms with E-state index in [2.05, 4.69) is 20.5 Å².